The summed E-state index contributed by atoms with van der Waals surface area (Å²) in [5.41, 5.74) is 13.2. The van der Waals surface area contributed by atoms with E-state index in [2.05, 4.69) is 10.1 Å². The molecule has 0 atom stereocenters. The summed E-state index contributed by atoms with van der Waals surface area (Å²) in [6, 6.07) is -0.0823. The number of hydrogen-bond donors (Lipinski definition) is 1. The Morgan fingerprint density at radius 3 is 2.50 bits per heavy atom. The quantitative estimate of drug-likeness (QED) is 0.241. The molecular weight excluding hydrogens is 230 g/mol. The van der Waals surface area contributed by atoms with E-state index in [0.29, 0.717) is 12.5 Å². The summed E-state index contributed by atoms with van der Waals surface area (Å²) < 4.78 is 10.5. The molecule has 0 aromatic carbocycles. The second-order valence-corrected chi connectivity index (χ2v) is 6.87. The van der Waals surface area contributed by atoms with E-state index in [-0.39, 0.29) is 6.54 Å². The molecule has 9 heteroatoms. The maximum Gasteiger partial charge on any atom is 0.409 e. The summed E-state index contributed by atoms with van der Waals surface area (Å²) in [6.45, 7) is 2.17. The smallest absolute Gasteiger partial charge is 0.398 e. The fourth-order valence-corrected chi connectivity index (χ4v) is 2.46. The van der Waals surface area contributed by atoms with E-state index in [0.717, 1.165) is 5.01 Å². The molecule has 2 N–H and O–H groups in total. The number of carbonyl (C=O) groups excluding carboxylic acids is 1. The minimum atomic E-state index is -2.14. The van der Waals surface area contributed by atoms with Crippen molar-refractivity contribution >= 4 is 14.6 Å². The maximum atomic E-state index is 10.8. The van der Waals surface area contributed by atoms with Crippen molar-refractivity contribution in [3.05, 3.63) is 10.4 Å². The lowest BCUT2D eigenvalue weighted by atomic mass is 10.5. The topological polar surface area (TPSA) is 114 Å². The molecule has 0 aliphatic rings. The monoisotopic (exact) mass is 247 g/mol. The van der Waals surface area contributed by atoms with E-state index in [9.17, 15) is 4.79 Å². The molecule has 0 aromatic rings. The Balaban J connectivity index is 4.13. The van der Waals surface area contributed by atoms with Crippen molar-refractivity contribution in [3.63, 3.8) is 0 Å². The molecule has 2 amide bonds. The zero-order valence-corrected chi connectivity index (χ0v) is 10.7. The van der Waals surface area contributed by atoms with Crippen LogP contribution in [0.3, 0.4) is 0 Å². The van der Waals surface area contributed by atoms with E-state index in [1.807, 2.05) is 6.55 Å². The second-order valence-electron chi connectivity index (χ2n) is 3.29. The highest BCUT2D eigenvalue weighted by Gasteiger charge is 2.28. The summed E-state index contributed by atoms with van der Waals surface area (Å²) in [5.74, 6) is 0. The number of azide groups is 1. The van der Waals surface area contributed by atoms with Gasteiger partial charge in [-0.25, -0.2) is 4.79 Å². The van der Waals surface area contributed by atoms with Crippen LogP contribution in [0.1, 0.15) is 6.42 Å². The normalized spacial score (nSPS) is 10.7. The molecule has 0 bridgehead atoms. The van der Waals surface area contributed by atoms with E-state index < -0.39 is 14.6 Å². The third-order valence-electron chi connectivity index (χ3n) is 2.27. The van der Waals surface area contributed by atoms with Crippen LogP contribution in [0.25, 0.3) is 10.4 Å². The Kier molecular flexibility index (Phi) is 6.50. The number of hydrogen-bond acceptors (Lipinski definition) is 4. The minimum Gasteiger partial charge on any atom is -0.398 e. The standard InChI is InChI=1S/C7H17N5O3Si/c1-14-16(3,15-2)6-4-5-12(7(8)13)11-10-9/h4-6H2,1-3H3,(H2,8,13). The van der Waals surface area contributed by atoms with Gasteiger partial charge in [-0.15, -0.1) is 5.53 Å². The third kappa shape index (κ3) is 4.98. The molecule has 0 aromatic heterocycles. The van der Waals surface area contributed by atoms with Gasteiger partial charge in [-0.2, -0.15) is 9.92 Å². The number of rotatable bonds is 7. The molecule has 8 nitrogen and oxygen atoms in total. The number of primary amides is 1. The zero-order valence-electron chi connectivity index (χ0n) is 9.71. The SMILES string of the molecule is CO[Si](C)(CCCN(N=[N+]=[N-])C(N)=O)OC. The van der Waals surface area contributed by atoms with Crippen molar-refractivity contribution in [2.24, 2.45) is 11.0 Å². The summed E-state index contributed by atoms with van der Waals surface area (Å²) in [7, 11) is 1.05. The van der Waals surface area contributed by atoms with E-state index in [4.69, 9.17) is 20.1 Å². The molecule has 0 spiro atoms. The number of amides is 2. The van der Waals surface area contributed by atoms with Crippen molar-refractivity contribution in [3.8, 4) is 0 Å². The highest BCUT2D eigenvalue weighted by molar-refractivity contribution is 6.65. The first kappa shape index (κ1) is 14.7. The van der Waals surface area contributed by atoms with Crippen LogP contribution in [0, 0.1) is 0 Å². The summed E-state index contributed by atoms with van der Waals surface area (Å²) >= 11 is 0. The van der Waals surface area contributed by atoms with Crippen LogP contribution in [-0.4, -0.2) is 40.4 Å². The molecule has 0 fully saturated rings. The molecule has 0 rings (SSSR count). The van der Waals surface area contributed by atoms with Gasteiger partial charge in [-0.1, -0.05) is 0 Å². The second kappa shape index (κ2) is 7.07. The molecule has 0 heterocycles. The molecule has 0 radical (unpaired) electrons. The first-order valence-corrected chi connectivity index (χ1v) is 7.23. The van der Waals surface area contributed by atoms with Gasteiger partial charge in [0, 0.05) is 14.2 Å². The average Bonchev–Trinajstić information content (AvgIpc) is 2.27. The predicted molar refractivity (Wildman–Crippen MR) is 60.5 cm³/mol. The lowest BCUT2D eigenvalue weighted by molar-refractivity contribution is 0.206. The third-order valence-corrected chi connectivity index (χ3v) is 5.26. The van der Waals surface area contributed by atoms with E-state index in [1.165, 1.54) is 0 Å². The lowest BCUT2D eigenvalue weighted by Crippen LogP contribution is -2.38. The van der Waals surface area contributed by atoms with E-state index >= 15 is 0 Å². The Hall–Kier alpha value is -1.28. The molecule has 92 valence electrons. The lowest BCUT2D eigenvalue weighted by Gasteiger charge is -2.22. The Morgan fingerprint density at radius 1 is 1.56 bits per heavy atom. The van der Waals surface area contributed by atoms with Gasteiger partial charge in [-0.05, 0) is 24.2 Å². The van der Waals surface area contributed by atoms with Crippen molar-refractivity contribution in [1.29, 1.82) is 0 Å². The summed E-state index contributed by atoms with van der Waals surface area (Å²) in [6.07, 6.45) is 0.604. The van der Waals surface area contributed by atoms with Gasteiger partial charge in [0.15, 0.2) is 0 Å². The molecular formula is C7H17N5O3Si. The largest absolute Gasteiger partial charge is 0.409 e. The highest BCUT2D eigenvalue weighted by atomic mass is 28.4. The van der Waals surface area contributed by atoms with Crippen LogP contribution < -0.4 is 5.73 Å². The van der Waals surface area contributed by atoms with Gasteiger partial charge >= 0.3 is 14.6 Å². The summed E-state index contributed by atoms with van der Waals surface area (Å²) in [4.78, 5) is 13.3. The fraction of sp³-hybridized carbons (Fsp3) is 0.857. The average molecular weight is 247 g/mol. The van der Waals surface area contributed by atoms with Crippen LogP contribution in [0.4, 0.5) is 4.79 Å². The number of nitrogens with zero attached hydrogens (tertiary/aromatic N) is 4. The van der Waals surface area contributed by atoms with Gasteiger partial charge in [0.25, 0.3) is 0 Å². The zero-order chi connectivity index (χ0) is 12.6. The fourth-order valence-electron chi connectivity index (χ4n) is 1.08. The van der Waals surface area contributed by atoms with Gasteiger partial charge in [-0.3, -0.25) is 0 Å². The highest BCUT2D eigenvalue weighted by Crippen LogP contribution is 2.14. The first-order valence-electron chi connectivity index (χ1n) is 4.71. The maximum absolute atomic E-state index is 10.8. The van der Waals surface area contributed by atoms with Crippen LogP contribution in [0.2, 0.25) is 12.6 Å². The van der Waals surface area contributed by atoms with Crippen molar-refractivity contribution in [2.45, 2.75) is 19.0 Å². The summed E-state index contributed by atoms with van der Waals surface area (Å²) in [5, 5.41) is 4.04. The van der Waals surface area contributed by atoms with Crippen molar-refractivity contribution in [2.75, 3.05) is 20.8 Å². The van der Waals surface area contributed by atoms with Gasteiger partial charge in [0.2, 0.25) is 0 Å². The first-order chi connectivity index (χ1) is 7.49. The molecule has 0 saturated heterocycles. The minimum absolute atomic E-state index is 0.259. The van der Waals surface area contributed by atoms with Gasteiger partial charge < -0.3 is 14.6 Å². The van der Waals surface area contributed by atoms with Gasteiger partial charge in [0.1, 0.15) is 0 Å². The van der Waals surface area contributed by atoms with Crippen molar-refractivity contribution < 1.29 is 13.6 Å². The van der Waals surface area contributed by atoms with Crippen molar-refractivity contribution in [1.82, 2.24) is 5.01 Å². The predicted octanol–water partition coefficient (Wildman–Crippen LogP) is 1.35. The number of nitrogens with two attached hydrogens (primary N) is 1. The van der Waals surface area contributed by atoms with Crippen LogP contribution in [-0.2, 0) is 8.85 Å². The molecule has 0 aliphatic heterocycles. The molecule has 0 aliphatic carbocycles. The Morgan fingerprint density at radius 2 is 2.12 bits per heavy atom. The van der Waals surface area contributed by atoms with Crippen LogP contribution >= 0.6 is 0 Å². The van der Waals surface area contributed by atoms with Gasteiger partial charge in [0.05, 0.1) is 6.54 Å². The van der Waals surface area contributed by atoms with Crippen LogP contribution in [0.15, 0.2) is 5.22 Å². The molecule has 0 unspecified atom stereocenters. The van der Waals surface area contributed by atoms with E-state index in [1.54, 1.807) is 14.2 Å². The Bertz CT molecular complexity index is 275. The Labute approximate surface area is 95.1 Å². The van der Waals surface area contributed by atoms with Crippen LogP contribution in [0.5, 0.6) is 0 Å². The molecule has 16 heavy (non-hydrogen) atoms. The number of urea groups is 1. The number of carbonyl (C=O) groups is 1. The molecule has 0 saturated carbocycles.